The predicted molar refractivity (Wildman–Crippen MR) is 168 cm³/mol. The van der Waals surface area contributed by atoms with Gasteiger partial charge in [0, 0.05) is 88.0 Å². The van der Waals surface area contributed by atoms with Crippen LogP contribution in [0.4, 0.5) is 5.82 Å². The van der Waals surface area contributed by atoms with Gasteiger partial charge in [-0.15, -0.1) is 0 Å². The molecule has 1 atom stereocenters. The molecule has 0 saturated carbocycles. The highest BCUT2D eigenvalue weighted by Crippen LogP contribution is 2.25. The molecule has 2 aromatic carbocycles. The van der Waals surface area contributed by atoms with Crippen molar-refractivity contribution in [1.82, 2.24) is 34.8 Å². The monoisotopic (exact) mass is 594 g/mol. The van der Waals surface area contributed by atoms with E-state index in [1.165, 1.54) is 5.56 Å². The summed E-state index contributed by atoms with van der Waals surface area (Å²) in [6.45, 7) is 6.28. The van der Waals surface area contributed by atoms with Crippen LogP contribution in [0.5, 0.6) is 11.5 Å². The average Bonchev–Trinajstić information content (AvgIpc) is 3.68. The number of rotatable bonds is 8. The Bertz CT molecular complexity index is 1610. The number of pyridine rings is 1. The molecule has 4 aromatic rings. The third-order valence-corrected chi connectivity index (χ3v) is 8.27. The number of carbonyl (C=O) groups is 2. The van der Waals surface area contributed by atoms with Gasteiger partial charge in [-0.3, -0.25) is 19.2 Å². The molecule has 0 bridgehead atoms. The van der Waals surface area contributed by atoms with Crippen LogP contribution in [0.2, 0.25) is 0 Å². The van der Waals surface area contributed by atoms with Crippen LogP contribution in [0.15, 0.2) is 73.2 Å². The molecule has 228 valence electrons. The number of nitrogen functional groups attached to an aromatic ring is 1. The Kier molecular flexibility index (Phi) is 8.58. The Labute approximate surface area is 257 Å². The van der Waals surface area contributed by atoms with E-state index in [4.69, 9.17) is 10.5 Å². The van der Waals surface area contributed by atoms with E-state index < -0.39 is 0 Å². The molecule has 0 spiro atoms. The molecular formula is C33H38N8O3. The number of nitrogens with one attached hydrogen (secondary N) is 1. The molecule has 6 rings (SSSR count). The Morgan fingerprint density at radius 1 is 0.932 bits per heavy atom. The lowest BCUT2D eigenvalue weighted by Gasteiger charge is -2.32. The number of hydrogen-bond donors (Lipinski definition) is 2. The van der Waals surface area contributed by atoms with E-state index in [1.54, 1.807) is 40.2 Å². The summed E-state index contributed by atoms with van der Waals surface area (Å²) in [5.74, 6) is 1.19. The molecule has 0 unspecified atom stereocenters. The third-order valence-electron chi connectivity index (χ3n) is 8.27. The van der Waals surface area contributed by atoms with Crippen molar-refractivity contribution < 1.29 is 14.3 Å². The minimum Gasteiger partial charge on any atom is -0.457 e. The van der Waals surface area contributed by atoms with E-state index in [0.717, 1.165) is 49.6 Å². The summed E-state index contributed by atoms with van der Waals surface area (Å²) < 4.78 is 7.72. The second kappa shape index (κ2) is 12.9. The van der Waals surface area contributed by atoms with Crippen LogP contribution >= 0.6 is 0 Å². The van der Waals surface area contributed by atoms with Gasteiger partial charge in [0.1, 0.15) is 17.3 Å². The highest BCUT2D eigenvalue weighted by atomic mass is 16.5. The fourth-order valence-corrected chi connectivity index (χ4v) is 5.62. The fourth-order valence-electron chi connectivity index (χ4n) is 5.62. The second-order valence-electron chi connectivity index (χ2n) is 11.6. The van der Waals surface area contributed by atoms with Crippen molar-refractivity contribution in [2.24, 2.45) is 7.05 Å². The Hall–Kier alpha value is -4.74. The molecule has 2 aromatic heterocycles. The Morgan fingerprint density at radius 3 is 2.32 bits per heavy atom. The van der Waals surface area contributed by atoms with Gasteiger partial charge in [-0.1, -0.05) is 12.1 Å². The number of benzene rings is 2. The quantitative estimate of drug-likeness (QED) is 0.319. The van der Waals surface area contributed by atoms with Gasteiger partial charge in [0.25, 0.3) is 11.8 Å². The first-order chi connectivity index (χ1) is 21.3. The number of piperazine rings is 1. The zero-order chi connectivity index (χ0) is 30.6. The van der Waals surface area contributed by atoms with E-state index in [9.17, 15) is 9.59 Å². The van der Waals surface area contributed by atoms with Gasteiger partial charge < -0.3 is 25.6 Å². The van der Waals surface area contributed by atoms with E-state index in [2.05, 4.69) is 44.4 Å². The molecule has 2 aliphatic rings. The standard InChI is InChI=1S/C33H38N8O3/c1-38-13-15-40(16-14-38)20-23-3-7-28(8-4-23)44-29-9-5-24(6-10-29)33(43)41-12-11-27(22-41)37-32(42)30-17-25(18-35-31(30)34)26-19-36-39(2)21-26/h3-10,17-19,21,27H,11-16,20,22H2,1-2H3,(H2,34,35)(H,37,42)/t27-/m1/s1. The molecule has 2 saturated heterocycles. The summed E-state index contributed by atoms with van der Waals surface area (Å²) in [5.41, 5.74) is 9.78. The van der Waals surface area contributed by atoms with E-state index in [0.29, 0.717) is 36.4 Å². The maximum atomic E-state index is 13.2. The topological polar surface area (TPSA) is 122 Å². The second-order valence-corrected chi connectivity index (χ2v) is 11.6. The van der Waals surface area contributed by atoms with Crippen molar-refractivity contribution in [3.05, 3.63) is 89.9 Å². The van der Waals surface area contributed by atoms with Gasteiger partial charge in [-0.2, -0.15) is 5.10 Å². The number of aryl methyl sites for hydroxylation is 1. The van der Waals surface area contributed by atoms with Gasteiger partial charge in [0.05, 0.1) is 11.8 Å². The van der Waals surface area contributed by atoms with Gasteiger partial charge in [-0.25, -0.2) is 4.98 Å². The summed E-state index contributed by atoms with van der Waals surface area (Å²) in [7, 11) is 3.99. The molecule has 11 nitrogen and oxygen atoms in total. The average molecular weight is 595 g/mol. The molecule has 2 amide bonds. The van der Waals surface area contributed by atoms with Crippen LogP contribution in [0.3, 0.4) is 0 Å². The highest BCUT2D eigenvalue weighted by Gasteiger charge is 2.29. The lowest BCUT2D eigenvalue weighted by molar-refractivity contribution is 0.0783. The molecule has 0 aliphatic carbocycles. The summed E-state index contributed by atoms with van der Waals surface area (Å²) >= 11 is 0. The number of likely N-dealkylation sites (N-methyl/N-ethyl adjacent to an activating group) is 1. The van der Waals surface area contributed by atoms with Crippen molar-refractivity contribution in [2.45, 2.75) is 19.0 Å². The number of amides is 2. The number of likely N-dealkylation sites (tertiary alicyclic amines) is 1. The van der Waals surface area contributed by atoms with Gasteiger partial charge in [-0.05, 0) is 61.5 Å². The molecular weight excluding hydrogens is 556 g/mol. The molecule has 3 N–H and O–H groups in total. The first kappa shape index (κ1) is 29.3. The Morgan fingerprint density at radius 2 is 1.64 bits per heavy atom. The largest absolute Gasteiger partial charge is 0.457 e. The highest BCUT2D eigenvalue weighted by molar-refractivity contribution is 6.00. The number of anilines is 1. The fraction of sp³-hybridized carbons (Fsp3) is 0.333. The van der Waals surface area contributed by atoms with Crippen LogP contribution in [0, 0.1) is 0 Å². The minimum absolute atomic E-state index is 0.0821. The van der Waals surface area contributed by atoms with Crippen molar-refractivity contribution >= 4 is 17.6 Å². The lowest BCUT2D eigenvalue weighted by atomic mass is 10.1. The SMILES string of the molecule is CN1CCN(Cc2ccc(Oc3ccc(C(=O)N4CC[C@@H](NC(=O)c5cc(-c6cnn(C)c6)cnc5N)C4)cc3)cc2)CC1. The van der Waals surface area contributed by atoms with Crippen molar-refractivity contribution in [3.63, 3.8) is 0 Å². The number of aromatic nitrogens is 3. The van der Waals surface area contributed by atoms with Crippen LogP contribution in [-0.2, 0) is 13.6 Å². The predicted octanol–water partition coefficient (Wildman–Crippen LogP) is 3.25. The first-order valence-corrected chi connectivity index (χ1v) is 14.9. The molecule has 0 radical (unpaired) electrons. The molecule has 44 heavy (non-hydrogen) atoms. The number of nitrogens with zero attached hydrogens (tertiary/aromatic N) is 6. The minimum atomic E-state index is -0.311. The number of ether oxygens (including phenoxy) is 1. The Balaban J connectivity index is 1.00. The number of carbonyl (C=O) groups excluding carboxylic acids is 2. The zero-order valence-corrected chi connectivity index (χ0v) is 25.1. The van der Waals surface area contributed by atoms with Crippen molar-refractivity contribution in [3.8, 4) is 22.6 Å². The van der Waals surface area contributed by atoms with Gasteiger partial charge in [0.15, 0.2) is 0 Å². The van der Waals surface area contributed by atoms with Crippen LogP contribution < -0.4 is 15.8 Å². The normalized spacial score (nSPS) is 17.5. The maximum Gasteiger partial charge on any atom is 0.255 e. The van der Waals surface area contributed by atoms with Crippen LogP contribution in [0.25, 0.3) is 11.1 Å². The third kappa shape index (κ3) is 6.90. The summed E-state index contributed by atoms with van der Waals surface area (Å²) in [6, 6.07) is 16.9. The van der Waals surface area contributed by atoms with Crippen molar-refractivity contribution in [1.29, 1.82) is 0 Å². The zero-order valence-electron chi connectivity index (χ0n) is 25.1. The summed E-state index contributed by atoms with van der Waals surface area (Å²) in [6.07, 6.45) is 5.84. The summed E-state index contributed by atoms with van der Waals surface area (Å²) in [5, 5.41) is 7.20. The first-order valence-electron chi connectivity index (χ1n) is 14.9. The molecule has 11 heteroatoms. The molecule has 4 heterocycles. The van der Waals surface area contributed by atoms with Gasteiger partial charge >= 0.3 is 0 Å². The van der Waals surface area contributed by atoms with Crippen molar-refractivity contribution in [2.75, 3.05) is 52.0 Å². The number of nitrogens with two attached hydrogens (primary N) is 1. The molecule has 2 aliphatic heterocycles. The summed E-state index contributed by atoms with van der Waals surface area (Å²) in [4.78, 5) is 37.1. The van der Waals surface area contributed by atoms with E-state index >= 15 is 0 Å². The maximum absolute atomic E-state index is 13.2. The van der Waals surface area contributed by atoms with Crippen LogP contribution in [-0.4, -0.2) is 93.6 Å². The smallest absolute Gasteiger partial charge is 0.255 e. The van der Waals surface area contributed by atoms with E-state index in [1.807, 2.05) is 37.5 Å². The van der Waals surface area contributed by atoms with Gasteiger partial charge in [0.2, 0.25) is 0 Å². The van der Waals surface area contributed by atoms with Crippen LogP contribution in [0.1, 0.15) is 32.7 Å². The van der Waals surface area contributed by atoms with E-state index in [-0.39, 0.29) is 23.7 Å². The molecule has 2 fully saturated rings. The number of hydrogen-bond acceptors (Lipinski definition) is 8. The lowest BCUT2D eigenvalue weighted by Crippen LogP contribution is -2.43.